The van der Waals surface area contributed by atoms with Gasteiger partial charge >= 0.3 is 0 Å². The summed E-state index contributed by atoms with van der Waals surface area (Å²) in [5.74, 6) is 0.840. The number of H-pyrrole nitrogens is 1. The van der Waals surface area contributed by atoms with Gasteiger partial charge in [0.05, 0.1) is 0 Å². The SMILES string of the molecule is Br.CCNc1ncc[nH]1. The van der Waals surface area contributed by atoms with Gasteiger partial charge in [0.25, 0.3) is 0 Å². The molecule has 3 nitrogen and oxygen atoms in total. The number of anilines is 1. The van der Waals surface area contributed by atoms with Crippen molar-refractivity contribution in [3.05, 3.63) is 12.4 Å². The van der Waals surface area contributed by atoms with E-state index in [4.69, 9.17) is 0 Å². The van der Waals surface area contributed by atoms with Crippen LogP contribution in [-0.2, 0) is 0 Å². The second-order valence-electron chi connectivity index (χ2n) is 1.47. The normalized spacial score (nSPS) is 8.11. The highest BCUT2D eigenvalue weighted by Gasteiger charge is 1.84. The van der Waals surface area contributed by atoms with Crippen LogP contribution in [0.15, 0.2) is 12.4 Å². The van der Waals surface area contributed by atoms with E-state index in [1.54, 1.807) is 12.4 Å². The maximum Gasteiger partial charge on any atom is 0.200 e. The molecule has 0 aromatic carbocycles. The lowest BCUT2D eigenvalue weighted by atomic mass is 10.7. The van der Waals surface area contributed by atoms with Crippen molar-refractivity contribution in [3.63, 3.8) is 0 Å². The third-order valence-corrected chi connectivity index (χ3v) is 0.842. The zero-order valence-electron chi connectivity index (χ0n) is 5.22. The topological polar surface area (TPSA) is 40.7 Å². The summed E-state index contributed by atoms with van der Waals surface area (Å²) in [6, 6.07) is 0. The van der Waals surface area contributed by atoms with Gasteiger partial charge in [-0.2, -0.15) is 0 Å². The Morgan fingerprint density at radius 1 is 1.78 bits per heavy atom. The number of halogens is 1. The van der Waals surface area contributed by atoms with Crippen molar-refractivity contribution < 1.29 is 0 Å². The lowest BCUT2D eigenvalue weighted by Crippen LogP contribution is -1.97. The molecule has 0 amide bonds. The van der Waals surface area contributed by atoms with Gasteiger partial charge in [0, 0.05) is 18.9 Å². The average molecular weight is 192 g/mol. The summed E-state index contributed by atoms with van der Waals surface area (Å²) in [6.07, 6.45) is 3.51. The molecule has 0 aliphatic carbocycles. The van der Waals surface area contributed by atoms with Crippen molar-refractivity contribution in [1.29, 1.82) is 0 Å². The van der Waals surface area contributed by atoms with Gasteiger partial charge < -0.3 is 10.3 Å². The van der Waals surface area contributed by atoms with Crippen LogP contribution in [0.25, 0.3) is 0 Å². The number of aromatic nitrogens is 2. The molecule has 1 heterocycles. The van der Waals surface area contributed by atoms with Crippen LogP contribution < -0.4 is 5.32 Å². The van der Waals surface area contributed by atoms with Crippen LogP contribution in [0.2, 0.25) is 0 Å². The maximum atomic E-state index is 3.94. The van der Waals surface area contributed by atoms with Gasteiger partial charge in [-0.1, -0.05) is 0 Å². The summed E-state index contributed by atoms with van der Waals surface area (Å²) < 4.78 is 0. The second kappa shape index (κ2) is 4.38. The molecule has 0 bridgehead atoms. The molecule has 52 valence electrons. The molecule has 1 rings (SSSR count). The van der Waals surface area contributed by atoms with E-state index in [-0.39, 0.29) is 17.0 Å². The Hall–Kier alpha value is -0.510. The van der Waals surface area contributed by atoms with E-state index in [0.717, 1.165) is 12.5 Å². The van der Waals surface area contributed by atoms with Crippen LogP contribution in [0.4, 0.5) is 5.95 Å². The van der Waals surface area contributed by atoms with Crippen LogP contribution in [-0.4, -0.2) is 16.5 Å². The van der Waals surface area contributed by atoms with Gasteiger partial charge in [-0.3, -0.25) is 0 Å². The third-order valence-electron chi connectivity index (χ3n) is 0.842. The van der Waals surface area contributed by atoms with Crippen molar-refractivity contribution >= 4 is 22.9 Å². The summed E-state index contributed by atoms with van der Waals surface area (Å²) in [4.78, 5) is 6.86. The molecule has 1 aromatic rings. The fourth-order valence-electron chi connectivity index (χ4n) is 0.529. The molecule has 4 heteroatoms. The van der Waals surface area contributed by atoms with Crippen molar-refractivity contribution in [2.45, 2.75) is 6.92 Å². The number of aromatic amines is 1. The number of imidazole rings is 1. The standard InChI is InChI=1S/C5H9N3.BrH/c1-2-6-5-7-3-4-8-5;/h3-4H,2H2,1H3,(H2,6,7,8);1H. The quantitative estimate of drug-likeness (QED) is 0.743. The second-order valence-corrected chi connectivity index (χ2v) is 1.47. The minimum Gasteiger partial charge on any atom is -0.356 e. The first kappa shape index (κ1) is 8.49. The van der Waals surface area contributed by atoms with E-state index < -0.39 is 0 Å². The summed E-state index contributed by atoms with van der Waals surface area (Å²) in [5.41, 5.74) is 0. The Balaban J connectivity index is 0.000000640. The largest absolute Gasteiger partial charge is 0.356 e. The van der Waals surface area contributed by atoms with E-state index in [9.17, 15) is 0 Å². The van der Waals surface area contributed by atoms with Crippen molar-refractivity contribution in [2.24, 2.45) is 0 Å². The van der Waals surface area contributed by atoms with Crippen molar-refractivity contribution in [2.75, 3.05) is 11.9 Å². The highest BCUT2D eigenvalue weighted by molar-refractivity contribution is 8.93. The first-order valence-electron chi connectivity index (χ1n) is 2.66. The summed E-state index contributed by atoms with van der Waals surface area (Å²) >= 11 is 0. The van der Waals surface area contributed by atoms with Gasteiger partial charge in [0.2, 0.25) is 0 Å². The Bertz CT molecular complexity index is 138. The van der Waals surface area contributed by atoms with Gasteiger partial charge in [0.1, 0.15) is 0 Å². The summed E-state index contributed by atoms with van der Waals surface area (Å²) in [7, 11) is 0. The Morgan fingerprint density at radius 3 is 3.00 bits per heavy atom. The number of nitrogens with one attached hydrogen (secondary N) is 2. The van der Waals surface area contributed by atoms with Crippen LogP contribution >= 0.6 is 17.0 Å². The van der Waals surface area contributed by atoms with Crippen molar-refractivity contribution in [3.8, 4) is 0 Å². The molecule has 1 aromatic heterocycles. The third kappa shape index (κ3) is 2.51. The molecule has 0 aliphatic rings. The van der Waals surface area contributed by atoms with Crippen LogP contribution in [0, 0.1) is 0 Å². The Kier molecular flexibility index (Phi) is 4.13. The van der Waals surface area contributed by atoms with Crippen LogP contribution in [0.5, 0.6) is 0 Å². The molecule has 0 atom stereocenters. The highest BCUT2D eigenvalue weighted by Crippen LogP contribution is 1.91. The lowest BCUT2D eigenvalue weighted by Gasteiger charge is -1.92. The van der Waals surface area contributed by atoms with Gasteiger partial charge in [-0.15, -0.1) is 17.0 Å². The van der Waals surface area contributed by atoms with Gasteiger partial charge in [-0.05, 0) is 6.92 Å². The molecule has 0 spiro atoms. The van der Waals surface area contributed by atoms with E-state index in [1.165, 1.54) is 0 Å². The van der Waals surface area contributed by atoms with Crippen LogP contribution in [0.1, 0.15) is 6.92 Å². The number of nitrogens with zero attached hydrogens (tertiary/aromatic N) is 1. The zero-order valence-corrected chi connectivity index (χ0v) is 6.93. The molecule has 0 aliphatic heterocycles. The van der Waals surface area contributed by atoms with E-state index in [2.05, 4.69) is 15.3 Å². The van der Waals surface area contributed by atoms with E-state index in [1.807, 2.05) is 6.92 Å². The summed E-state index contributed by atoms with van der Waals surface area (Å²) in [5, 5.41) is 3.02. The first-order chi connectivity index (χ1) is 3.93. The molecule has 2 N–H and O–H groups in total. The highest BCUT2D eigenvalue weighted by atomic mass is 79.9. The van der Waals surface area contributed by atoms with Gasteiger partial charge in [-0.25, -0.2) is 4.98 Å². The lowest BCUT2D eigenvalue weighted by molar-refractivity contribution is 1.14. The van der Waals surface area contributed by atoms with Crippen LogP contribution in [0.3, 0.4) is 0 Å². The first-order valence-corrected chi connectivity index (χ1v) is 2.66. The predicted molar refractivity (Wildman–Crippen MR) is 43.1 cm³/mol. The molecular formula is C5H10BrN3. The number of hydrogen-bond donors (Lipinski definition) is 2. The molecule has 9 heavy (non-hydrogen) atoms. The predicted octanol–water partition coefficient (Wildman–Crippen LogP) is 1.42. The average Bonchev–Trinajstić information content (AvgIpc) is 2.19. The zero-order chi connectivity index (χ0) is 5.82. The van der Waals surface area contributed by atoms with Crippen molar-refractivity contribution in [1.82, 2.24) is 9.97 Å². The molecule has 0 saturated carbocycles. The fourth-order valence-corrected chi connectivity index (χ4v) is 0.529. The Morgan fingerprint density at radius 2 is 2.56 bits per heavy atom. The minimum atomic E-state index is 0. The molecular weight excluding hydrogens is 182 g/mol. The maximum absolute atomic E-state index is 3.94. The molecule has 0 radical (unpaired) electrons. The van der Waals surface area contributed by atoms with Gasteiger partial charge in [0.15, 0.2) is 5.95 Å². The smallest absolute Gasteiger partial charge is 0.200 e. The molecule has 0 unspecified atom stereocenters. The minimum absolute atomic E-state index is 0. The van der Waals surface area contributed by atoms with E-state index in [0.29, 0.717) is 0 Å². The molecule has 0 saturated heterocycles. The Labute approximate surface area is 64.7 Å². The number of rotatable bonds is 2. The number of hydrogen-bond acceptors (Lipinski definition) is 2. The molecule has 0 fully saturated rings. The van der Waals surface area contributed by atoms with E-state index >= 15 is 0 Å². The summed E-state index contributed by atoms with van der Waals surface area (Å²) in [6.45, 7) is 2.94. The fraction of sp³-hybridized carbons (Fsp3) is 0.400. The monoisotopic (exact) mass is 191 g/mol.